The summed E-state index contributed by atoms with van der Waals surface area (Å²) < 4.78 is 5.16. The van der Waals surface area contributed by atoms with Crippen molar-refractivity contribution in [3.05, 3.63) is 47.3 Å². The third-order valence-corrected chi connectivity index (χ3v) is 2.04. The summed E-state index contributed by atoms with van der Waals surface area (Å²) in [5, 5.41) is 5.00. The lowest BCUT2D eigenvalue weighted by molar-refractivity contribution is 0.0303. The Bertz CT molecular complexity index is 510. The highest BCUT2D eigenvalue weighted by Gasteiger charge is 2.22. The fourth-order valence-electron chi connectivity index (χ4n) is 1.24. The Kier molecular flexibility index (Phi) is 4.65. The Labute approximate surface area is 113 Å². The first kappa shape index (κ1) is 14.7. The number of hydrazone groups is 1. The van der Waals surface area contributed by atoms with Crippen LogP contribution in [0.15, 0.2) is 35.4 Å². The quantitative estimate of drug-likeness (QED) is 0.354. The van der Waals surface area contributed by atoms with E-state index in [1.54, 1.807) is 32.9 Å². The minimum atomic E-state index is -0.593. The van der Waals surface area contributed by atoms with E-state index in [1.807, 2.05) is 18.2 Å². The number of hydrogen-bond donors (Lipinski definition) is 0. The molecule has 0 spiro atoms. The van der Waals surface area contributed by atoms with E-state index in [4.69, 9.17) is 11.3 Å². The highest BCUT2D eigenvalue weighted by atomic mass is 16.6. The predicted molar refractivity (Wildman–Crippen MR) is 73.6 cm³/mol. The lowest BCUT2D eigenvalue weighted by Crippen LogP contribution is -2.31. The first-order valence-corrected chi connectivity index (χ1v) is 5.81. The van der Waals surface area contributed by atoms with Crippen molar-refractivity contribution in [2.45, 2.75) is 26.4 Å². The molecule has 1 rings (SSSR count). The van der Waals surface area contributed by atoms with Crippen LogP contribution in [0, 0.1) is 6.57 Å². The van der Waals surface area contributed by atoms with Gasteiger partial charge in [-0.3, -0.25) is 0 Å². The van der Waals surface area contributed by atoms with Gasteiger partial charge in [-0.25, -0.2) is 4.79 Å². The second-order valence-electron chi connectivity index (χ2n) is 4.91. The Hall–Kier alpha value is -2.35. The second-order valence-corrected chi connectivity index (χ2v) is 4.91. The number of rotatable bonds is 2. The fourth-order valence-corrected chi connectivity index (χ4v) is 1.24. The number of hydrogen-bond acceptors (Lipinski definition) is 3. The maximum atomic E-state index is 11.7. The lowest BCUT2D eigenvalue weighted by atomic mass is 10.2. The molecule has 19 heavy (non-hydrogen) atoms. The minimum absolute atomic E-state index is 0.147. The van der Waals surface area contributed by atoms with Crippen LogP contribution in [-0.2, 0) is 4.74 Å². The van der Waals surface area contributed by atoms with Crippen LogP contribution in [-0.4, -0.2) is 29.6 Å². The molecule has 0 saturated carbocycles. The van der Waals surface area contributed by atoms with Gasteiger partial charge in [-0.15, -0.1) is 5.01 Å². The monoisotopic (exact) mass is 259 g/mol. The Balaban J connectivity index is 2.88. The van der Waals surface area contributed by atoms with Crippen molar-refractivity contribution in [3.63, 3.8) is 0 Å². The zero-order valence-corrected chi connectivity index (χ0v) is 11.5. The molecule has 0 unspecified atom stereocenters. The molecular formula is C14H17N3O2. The third kappa shape index (κ3) is 4.80. The summed E-state index contributed by atoms with van der Waals surface area (Å²) in [7, 11) is 1.46. The summed E-state index contributed by atoms with van der Waals surface area (Å²) >= 11 is 0. The van der Waals surface area contributed by atoms with Crippen molar-refractivity contribution in [1.82, 2.24) is 5.01 Å². The SMILES string of the molecule is [C-]#[N+]C(=NN(C)C(=O)OC(C)(C)C)c1ccccc1. The van der Waals surface area contributed by atoms with E-state index in [0.29, 0.717) is 5.56 Å². The summed E-state index contributed by atoms with van der Waals surface area (Å²) in [5.41, 5.74) is 0.0687. The lowest BCUT2D eigenvalue weighted by Gasteiger charge is -2.20. The first-order chi connectivity index (χ1) is 8.83. The van der Waals surface area contributed by atoms with Gasteiger partial charge in [0.05, 0.1) is 7.05 Å². The summed E-state index contributed by atoms with van der Waals surface area (Å²) in [5.74, 6) is 0.147. The Morgan fingerprint density at radius 1 is 1.32 bits per heavy atom. The van der Waals surface area contributed by atoms with Crippen LogP contribution in [0.4, 0.5) is 4.79 Å². The number of benzene rings is 1. The average molecular weight is 259 g/mol. The van der Waals surface area contributed by atoms with Crippen molar-refractivity contribution in [2.75, 3.05) is 7.05 Å². The summed E-state index contributed by atoms with van der Waals surface area (Å²) in [4.78, 5) is 15.1. The van der Waals surface area contributed by atoms with Crippen molar-refractivity contribution in [3.8, 4) is 0 Å². The molecular weight excluding hydrogens is 242 g/mol. The van der Waals surface area contributed by atoms with Crippen LogP contribution in [0.5, 0.6) is 0 Å². The Morgan fingerprint density at radius 2 is 1.89 bits per heavy atom. The van der Waals surface area contributed by atoms with Crippen LogP contribution >= 0.6 is 0 Å². The van der Waals surface area contributed by atoms with E-state index in [2.05, 4.69) is 9.95 Å². The number of carbonyl (C=O) groups excluding carboxylic acids is 1. The van der Waals surface area contributed by atoms with Crippen LogP contribution in [0.1, 0.15) is 26.3 Å². The van der Waals surface area contributed by atoms with E-state index in [9.17, 15) is 4.79 Å². The standard InChI is InChI=1S/C14H17N3O2/c1-14(2,3)19-13(18)17(5)16-12(15-4)11-9-7-6-8-10-11/h6-10H,1-3,5H3. The average Bonchev–Trinajstić information content (AvgIpc) is 2.34. The van der Waals surface area contributed by atoms with Gasteiger partial charge in [0, 0.05) is 5.56 Å². The van der Waals surface area contributed by atoms with Gasteiger partial charge in [0.2, 0.25) is 0 Å². The van der Waals surface area contributed by atoms with Crippen molar-refractivity contribution in [1.29, 1.82) is 0 Å². The summed E-state index contributed by atoms with van der Waals surface area (Å²) in [6, 6.07) is 9.00. The number of nitrogens with zero attached hydrogens (tertiary/aromatic N) is 3. The molecule has 1 aromatic rings. The molecule has 0 aliphatic carbocycles. The molecule has 1 aromatic carbocycles. The molecule has 0 radical (unpaired) electrons. The predicted octanol–water partition coefficient (Wildman–Crippen LogP) is 3.13. The fraction of sp³-hybridized carbons (Fsp3) is 0.357. The van der Waals surface area contributed by atoms with E-state index in [-0.39, 0.29) is 5.84 Å². The van der Waals surface area contributed by atoms with Gasteiger partial charge in [-0.2, -0.15) is 0 Å². The molecule has 0 N–H and O–H groups in total. The molecule has 100 valence electrons. The molecule has 0 heterocycles. The second kappa shape index (κ2) is 6.01. The van der Waals surface area contributed by atoms with Crippen molar-refractivity contribution >= 4 is 11.9 Å². The van der Waals surface area contributed by atoms with Crippen LogP contribution in [0.25, 0.3) is 4.85 Å². The highest BCUT2D eigenvalue weighted by molar-refractivity contribution is 6.06. The van der Waals surface area contributed by atoms with Crippen LogP contribution < -0.4 is 0 Å². The molecule has 0 bridgehead atoms. The molecule has 5 heteroatoms. The summed E-state index contributed by atoms with van der Waals surface area (Å²) in [6.07, 6.45) is -0.593. The molecule has 0 fully saturated rings. The number of amidine groups is 1. The zero-order valence-electron chi connectivity index (χ0n) is 11.5. The molecule has 0 aliphatic rings. The van der Waals surface area contributed by atoms with Crippen LogP contribution in [0.3, 0.4) is 0 Å². The molecule has 5 nitrogen and oxygen atoms in total. The molecule has 0 atom stereocenters. The number of carbonyl (C=O) groups is 1. The minimum Gasteiger partial charge on any atom is -0.441 e. The van der Waals surface area contributed by atoms with Crippen LogP contribution in [0.2, 0.25) is 0 Å². The number of ether oxygens (including phenoxy) is 1. The van der Waals surface area contributed by atoms with Gasteiger partial charge < -0.3 is 9.58 Å². The van der Waals surface area contributed by atoms with E-state index >= 15 is 0 Å². The Morgan fingerprint density at radius 3 is 2.37 bits per heavy atom. The number of amides is 1. The van der Waals surface area contributed by atoms with Gasteiger partial charge in [-0.1, -0.05) is 36.9 Å². The molecule has 1 amide bonds. The van der Waals surface area contributed by atoms with Crippen molar-refractivity contribution in [2.24, 2.45) is 5.10 Å². The third-order valence-electron chi connectivity index (χ3n) is 2.04. The molecule has 0 saturated heterocycles. The normalized spacial score (nSPS) is 11.6. The molecule has 0 aromatic heterocycles. The maximum Gasteiger partial charge on any atom is 0.447 e. The van der Waals surface area contributed by atoms with Crippen molar-refractivity contribution < 1.29 is 9.53 Å². The van der Waals surface area contributed by atoms with Gasteiger partial charge in [0.1, 0.15) is 5.60 Å². The first-order valence-electron chi connectivity index (χ1n) is 5.81. The highest BCUT2D eigenvalue weighted by Crippen LogP contribution is 2.10. The zero-order chi connectivity index (χ0) is 14.5. The topological polar surface area (TPSA) is 46.3 Å². The maximum absolute atomic E-state index is 11.7. The largest absolute Gasteiger partial charge is 0.447 e. The van der Waals surface area contributed by atoms with Gasteiger partial charge in [-0.05, 0) is 25.9 Å². The van der Waals surface area contributed by atoms with E-state index < -0.39 is 11.7 Å². The summed E-state index contributed by atoms with van der Waals surface area (Å²) in [6.45, 7) is 12.4. The van der Waals surface area contributed by atoms with Gasteiger partial charge >= 0.3 is 11.9 Å². The molecule has 0 aliphatic heterocycles. The van der Waals surface area contributed by atoms with Gasteiger partial charge in [0.15, 0.2) is 0 Å². The van der Waals surface area contributed by atoms with Gasteiger partial charge in [0.25, 0.3) is 0 Å². The smallest absolute Gasteiger partial charge is 0.441 e. The van der Waals surface area contributed by atoms with E-state index in [0.717, 1.165) is 5.01 Å². The van der Waals surface area contributed by atoms with E-state index in [1.165, 1.54) is 7.05 Å².